The van der Waals surface area contributed by atoms with Gasteiger partial charge in [0.05, 0.1) is 37.5 Å². The molecular weight excluding hydrogens is 801 g/mol. The summed E-state index contributed by atoms with van der Waals surface area (Å²) in [5.74, 6) is 1.79. The van der Waals surface area contributed by atoms with E-state index >= 15 is 0 Å². The fourth-order valence-electron chi connectivity index (χ4n) is 7.96. The number of hydrogen-bond acceptors (Lipinski definition) is 10. The van der Waals surface area contributed by atoms with Crippen LogP contribution in [0.15, 0.2) is 108 Å². The first kappa shape index (κ1) is 44.9. The number of H-pyrrole nitrogens is 1. The topological polar surface area (TPSA) is 152 Å². The normalized spacial score (nSPS) is 18.8. The summed E-state index contributed by atoms with van der Waals surface area (Å²) < 4.78 is 31.2. The molecule has 330 valence electrons. The van der Waals surface area contributed by atoms with E-state index in [9.17, 15) is 14.7 Å². The number of aromatic nitrogens is 1. The van der Waals surface area contributed by atoms with Crippen molar-refractivity contribution in [3.8, 4) is 17.2 Å². The van der Waals surface area contributed by atoms with E-state index in [-0.39, 0.29) is 40.4 Å². The number of carbonyl (C=O) groups is 1. The number of rotatable bonds is 18. The lowest BCUT2D eigenvalue weighted by molar-refractivity contribution is -0.0974. The molecule has 2 bridgehead atoms. The average Bonchev–Trinajstić information content (AvgIpc) is 3.24. The van der Waals surface area contributed by atoms with Gasteiger partial charge in [0, 0.05) is 42.9 Å². The highest BCUT2D eigenvalue weighted by Gasteiger charge is 2.41. The molecule has 2 aliphatic heterocycles. The number of benzene rings is 4. The second kappa shape index (κ2) is 20.3. The van der Waals surface area contributed by atoms with Crippen LogP contribution in [0.1, 0.15) is 68.0 Å². The fraction of sp³-hybridized carbons (Fsp3) is 0.429. The predicted octanol–water partition coefficient (Wildman–Crippen LogP) is 8.37. The second-order valence-corrected chi connectivity index (χ2v) is 22.8. The van der Waals surface area contributed by atoms with Crippen molar-refractivity contribution in [1.82, 2.24) is 20.9 Å². The third kappa shape index (κ3) is 11.4. The van der Waals surface area contributed by atoms with Gasteiger partial charge in [-0.05, 0) is 96.2 Å². The van der Waals surface area contributed by atoms with E-state index in [1.54, 1.807) is 12.1 Å². The molecule has 2 aliphatic rings. The summed E-state index contributed by atoms with van der Waals surface area (Å²) in [4.78, 5) is 28.3. The standard InChI is InChI=1S/C49H62N4O8Si/c1-49(2,3)62(4,5)61-43(40-19-21-42(54)46-41(40)20-22-44(55)52-46)29-50-23-9-10-24-58-38-17-11-13-33(25-38)30-59-39-18-12-16-35(26-39)45(34-14-7-6-8-15-34)53-48(56)60-47-36-27-51-28-37(47)32-57-31-36/h6-8,11-22,25-26,36-37,43,45,47,50-51,54H,9-10,23-24,27-32H2,1-5H3,(H,52,55)(H,53,56)/t36?,37?,43-,45?,47?/m0/s1. The number of aromatic hydroxyl groups is 1. The van der Waals surface area contributed by atoms with Crippen LogP contribution in [-0.4, -0.2) is 76.6 Å². The number of phenols is 1. The Kier molecular flexibility index (Phi) is 14.7. The Labute approximate surface area is 365 Å². The highest BCUT2D eigenvalue weighted by Crippen LogP contribution is 2.41. The third-order valence-corrected chi connectivity index (χ3v) is 16.9. The lowest BCUT2D eigenvalue weighted by atomic mass is 9.86. The number of nitrogens with one attached hydrogen (secondary N) is 4. The highest BCUT2D eigenvalue weighted by molar-refractivity contribution is 6.74. The van der Waals surface area contributed by atoms with Crippen molar-refractivity contribution in [2.45, 2.75) is 76.6 Å². The van der Waals surface area contributed by atoms with E-state index in [0.717, 1.165) is 65.9 Å². The lowest BCUT2D eigenvalue weighted by Crippen LogP contribution is -2.56. The maximum Gasteiger partial charge on any atom is 0.408 e. The minimum Gasteiger partial charge on any atom is -0.506 e. The molecule has 62 heavy (non-hydrogen) atoms. The monoisotopic (exact) mass is 862 g/mol. The molecule has 7 rings (SSSR count). The Morgan fingerprint density at radius 1 is 0.871 bits per heavy atom. The highest BCUT2D eigenvalue weighted by atomic mass is 28.4. The Morgan fingerprint density at radius 2 is 1.60 bits per heavy atom. The molecule has 2 saturated heterocycles. The van der Waals surface area contributed by atoms with Crippen LogP contribution in [0.4, 0.5) is 4.79 Å². The quantitative estimate of drug-likeness (QED) is 0.0429. The van der Waals surface area contributed by atoms with E-state index in [4.69, 9.17) is 23.4 Å². The molecule has 4 aromatic carbocycles. The number of amides is 1. The number of unbranched alkanes of at least 4 members (excludes halogenated alkanes) is 1. The van der Waals surface area contributed by atoms with Gasteiger partial charge in [0.1, 0.15) is 30.0 Å². The van der Waals surface area contributed by atoms with Crippen LogP contribution < -0.4 is 31.0 Å². The van der Waals surface area contributed by atoms with Crippen LogP contribution in [0, 0.1) is 11.8 Å². The summed E-state index contributed by atoms with van der Waals surface area (Å²) >= 11 is 0. The number of phenolic OH excluding ortho intramolecular Hbond substituents is 1. The zero-order valence-electron chi connectivity index (χ0n) is 36.6. The van der Waals surface area contributed by atoms with Crippen molar-refractivity contribution in [1.29, 1.82) is 0 Å². The maximum atomic E-state index is 13.4. The van der Waals surface area contributed by atoms with Crippen LogP contribution in [0.5, 0.6) is 17.2 Å². The SMILES string of the molecule is CC(C)(C)[Si](C)(C)O[C@@H](CNCCCCOc1cccc(COc2cccc(C(NC(=O)OC3C4CNCC3COC4)c3ccccc3)c2)c1)c1ccc(O)c2[nH]c(=O)ccc12. The van der Waals surface area contributed by atoms with Crippen LogP contribution in [0.2, 0.25) is 18.1 Å². The van der Waals surface area contributed by atoms with E-state index in [1.807, 2.05) is 84.9 Å². The van der Waals surface area contributed by atoms with Gasteiger partial charge in [0.2, 0.25) is 5.56 Å². The van der Waals surface area contributed by atoms with Gasteiger partial charge in [-0.15, -0.1) is 0 Å². The Balaban J connectivity index is 0.902. The number of hydrogen-bond donors (Lipinski definition) is 5. The van der Waals surface area contributed by atoms with Crippen LogP contribution >= 0.6 is 0 Å². The molecule has 1 amide bonds. The van der Waals surface area contributed by atoms with Gasteiger partial charge in [0.15, 0.2) is 8.32 Å². The molecule has 5 aromatic rings. The summed E-state index contributed by atoms with van der Waals surface area (Å²) in [6.07, 6.45) is 0.872. The van der Waals surface area contributed by atoms with Gasteiger partial charge in [-0.3, -0.25) is 4.79 Å². The minimum absolute atomic E-state index is 0.00333. The summed E-state index contributed by atoms with van der Waals surface area (Å²) in [5.41, 5.74) is 3.90. The van der Waals surface area contributed by atoms with Crippen molar-refractivity contribution in [2.75, 3.05) is 46.0 Å². The molecule has 0 aliphatic carbocycles. The number of alkyl carbamates (subject to hydrolysis) is 1. The number of aromatic amines is 1. The lowest BCUT2D eigenvalue weighted by Gasteiger charge is -2.41. The fourth-order valence-corrected chi connectivity index (χ4v) is 9.24. The summed E-state index contributed by atoms with van der Waals surface area (Å²) in [7, 11) is -2.17. The van der Waals surface area contributed by atoms with E-state index in [0.29, 0.717) is 44.2 Å². The molecule has 3 heterocycles. The molecular formula is C49H62N4O8Si. The van der Waals surface area contributed by atoms with Crippen LogP contribution in [0.25, 0.3) is 10.9 Å². The molecule has 1 aromatic heterocycles. The number of fused-ring (bicyclic) bond motifs is 3. The van der Waals surface area contributed by atoms with Crippen molar-refractivity contribution in [2.24, 2.45) is 11.8 Å². The van der Waals surface area contributed by atoms with Crippen molar-refractivity contribution in [3.05, 3.63) is 136 Å². The van der Waals surface area contributed by atoms with Gasteiger partial charge >= 0.3 is 6.09 Å². The molecule has 5 N–H and O–H groups in total. The first-order valence-electron chi connectivity index (χ1n) is 21.8. The van der Waals surface area contributed by atoms with Gasteiger partial charge in [-0.25, -0.2) is 4.79 Å². The number of piperidine rings is 1. The van der Waals surface area contributed by atoms with E-state index in [2.05, 4.69) is 54.8 Å². The largest absolute Gasteiger partial charge is 0.506 e. The molecule has 2 fully saturated rings. The third-order valence-electron chi connectivity index (χ3n) is 12.4. The van der Waals surface area contributed by atoms with E-state index in [1.165, 1.54) is 6.07 Å². The number of carbonyl (C=O) groups excluding carboxylic acids is 1. The van der Waals surface area contributed by atoms with Crippen LogP contribution in [-0.2, 0) is 20.5 Å². The smallest absolute Gasteiger partial charge is 0.408 e. The van der Waals surface area contributed by atoms with Gasteiger partial charge in [-0.1, -0.05) is 81.4 Å². The first-order chi connectivity index (χ1) is 29.8. The Bertz CT molecular complexity index is 2290. The van der Waals surface area contributed by atoms with Crippen molar-refractivity contribution >= 4 is 25.3 Å². The average molecular weight is 863 g/mol. The van der Waals surface area contributed by atoms with Crippen molar-refractivity contribution in [3.63, 3.8) is 0 Å². The number of pyridine rings is 1. The predicted molar refractivity (Wildman–Crippen MR) is 244 cm³/mol. The Hall–Kier alpha value is -5.18. The van der Waals surface area contributed by atoms with Gasteiger partial charge < -0.3 is 49.4 Å². The minimum atomic E-state index is -2.17. The molecule has 13 heteroatoms. The second-order valence-electron chi connectivity index (χ2n) is 18.0. The molecule has 0 radical (unpaired) electrons. The van der Waals surface area contributed by atoms with Crippen LogP contribution in [0.3, 0.4) is 0 Å². The first-order valence-corrected chi connectivity index (χ1v) is 24.7. The molecule has 0 saturated carbocycles. The van der Waals surface area contributed by atoms with E-state index < -0.39 is 20.5 Å². The molecule has 0 spiro atoms. The molecule has 4 atom stereocenters. The summed E-state index contributed by atoms with van der Waals surface area (Å²) in [5, 5.41) is 21.5. The molecule has 3 unspecified atom stereocenters. The maximum absolute atomic E-state index is 13.4. The number of ether oxygens (including phenoxy) is 4. The van der Waals surface area contributed by atoms with Crippen molar-refractivity contribution < 1.29 is 33.3 Å². The van der Waals surface area contributed by atoms with Gasteiger partial charge in [0.25, 0.3) is 0 Å². The van der Waals surface area contributed by atoms with Gasteiger partial charge in [-0.2, -0.15) is 0 Å². The zero-order valence-corrected chi connectivity index (χ0v) is 37.6. The Morgan fingerprint density at radius 3 is 2.35 bits per heavy atom. The summed E-state index contributed by atoms with van der Waals surface area (Å²) in [6, 6.07) is 32.0. The summed E-state index contributed by atoms with van der Waals surface area (Å²) in [6.45, 7) is 16.1. The zero-order chi connectivity index (χ0) is 43.7. The molecule has 12 nitrogen and oxygen atoms in total.